The average molecular weight is 409 g/mol. The largest absolute Gasteiger partial charge is 0.385 e. The van der Waals surface area contributed by atoms with Crippen LogP contribution in [0.15, 0.2) is 29.4 Å². The molecule has 2 heterocycles. The SMILES string of the molecule is COCCCn1c(SCCCN2CCCC2=O)nnc1-c1ccccc1Cl. The lowest BCUT2D eigenvalue weighted by atomic mass is 10.2. The first kappa shape index (κ1) is 20.2. The second kappa shape index (κ2) is 10.1. The molecule has 27 heavy (non-hydrogen) atoms. The fourth-order valence-corrected chi connectivity index (χ4v) is 4.27. The van der Waals surface area contributed by atoms with Gasteiger partial charge in [0.05, 0.1) is 5.02 Å². The molecule has 0 radical (unpaired) electrons. The van der Waals surface area contributed by atoms with Crippen molar-refractivity contribution in [2.45, 2.75) is 37.4 Å². The Kier molecular flexibility index (Phi) is 7.55. The van der Waals surface area contributed by atoms with E-state index in [4.69, 9.17) is 16.3 Å². The molecule has 2 aromatic rings. The summed E-state index contributed by atoms with van der Waals surface area (Å²) in [5, 5.41) is 10.3. The van der Waals surface area contributed by atoms with Crippen LogP contribution in [0.3, 0.4) is 0 Å². The topological polar surface area (TPSA) is 60.2 Å². The Morgan fingerprint density at radius 2 is 2.07 bits per heavy atom. The fraction of sp³-hybridized carbons (Fsp3) is 0.526. The van der Waals surface area contributed by atoms with Crippen LogP contribution in [0.2, 0.25) is 5.02 Å². The molecule has 1 aromatic carbocycles. The Morgan fingerprint density at radius 1 is 1.22 bits per heavy atom. The monoisotopic (exact) mass is 408 g/mol. The number of carbonyl (C=O) groups excluding carboxylic acids is 1. The van der Waals surface area contributed by atoms with Gasteiger partial charge in [0.15, 0.2) is 11.0 Å². The molecule has 0 saturated carbocycles. The minimum absolute atomic E-state index is 0.281. The van der Waals surface area contributed by atoms with Crippen LogP contribution in [0, 0.1) is 0 Å². The zero-order chi connectivity index (χ0) is 19.1. The number of thioether (sulfide) groups is 1. The van der Waals surface area contributed by atoms with Crippen molar-refractivity contribution in [2.75, 3.05) is 32.6 Å². The standard InChI is InChI=1S/C19H25ClN4O2S/c1-26-13-5-12-24-18(15-7-2-3-8-16(15)20)21-22-19(24)27-14-6-11-23-10-4-9-17(23)25/h2-3,7-8H,4-6,9-14H2,1H3. The number of hydrogen-bond donors (Lipinski definition) is 0. The molecule has 0 N–H and O–H groups in total. The number of methoxy groups -OCH3 is 1. The number of nitrogens with zero attached hydrogens (tertiary/aromatic N) is 4. The first-order valence-corrected chi connectivity index (χ1v) is 10.6. The van der Waals surface area contributed by atoms with Gasteiger partial charge in [0.2, 0.25) is 5.91 Å². The van der Waals surface area contributed by atoms with E-state index in [0.29, 0.717) is 18.1 Å². The fourth-order valence-electron chi connectivity index (χ4n) is 3.17. The lowest BCUT2D eigenvalue weighted by Gasteiger charge is -2.15. The smallest absolute Gasteiger partial charge is 0.222 e. The summed E-state index contributed by atoms with van der Waals surface area (Å²) in [5.74, 6) is 1.96. The first-order chi connectivity index (χ1) is 13.2. The van der Waals surface area contributed by atoms with Gasteiger partial charge in [0.25, 0.3) is 0 Å². The van der Waals surface area contributed by atoms with Crippen LogP contribution in [-0.2, 0) is 16.1 Å². The molecule has 8 heteroatoms. The Hall–Kier alpha value is -1.57. The van der Waals surface area contributed by atoms with E-state index in [0.717, 1.165) is 61.2 Å². The number of benzene rings is 1. The van der Waals surface area contributed by atoms with Crippen molar-refractivity contribution in [1.82, 2.24) is 19.7 Å². The summed E-state index contributed by atoms with van der Waals surface area (Å²) in [6.45, 7) is 3.17. The van der Waals surface area contributed by atoms with Crippen molar-refractivity contribution >= 4 is 29.3 Å². The Morgan fingerprint density at radius 3 is 2.81 bits per heavy atom. The van der Waals surface area contributed by atoms with Crippen molar-refractivity contribution in [3.8, 4) is 11.4 Å². The van der Waals surface area contributed by atoms with Crippen molar-refractivity contribution in [1.29, 1.82) is 0 Å². The molecule has 0 spiro atoms. The van der Waals surface area contributed by atoms with Gasteiger partial charge in [-0.3, -0.25) is 4.79 Å². The molecule has 6 nitrogen and oxygen atoms in total. The van der Waals surface area contributed by atoms with Gasteiger partial charge in [-0.15, -0.1) is 10.2 Å². The minimum atomic E-state index is 0.281. The van der Waals surface area contributed by atoms with Crippen molar-refractivity contribution in [3.05, 3.63) is 29.3 Å². The zero-order valence-corrected chi connectivity index (χ0v) is 17.1. The second-order valence-electron chi connectivity index (χ2n) is 6.47. The molecule has 3 rings (SSSR count). The van der Waals surface area contributed by atoms with Gasteiger partial charge in [-0.25, -0.2) is 0 Å². The van der Waals surface area contributed by atoms with Gasteiger partial charge >= 0.3 is 0 Å². The highest BCUT2D eigenvalue weighted by molar-refractivity contribution is 7.99. The molecule has 146 valence electrons. The zero-order valence-electron chi connectivity index (χ0n) is 15.6. The summed E-state index contributed by atoms with van der Waals surface area (Å²) < 4.78 is 7.31. The molecule has 0 atom stereocenters. The first-order valence-electron chi connectivity index (χ1n) is 9.28. The molecule has 1 aliphatic heterocycles. The maximum absolute atomic E-state index is 11.7. The molecule has 1 saturated heterocycles. The van der Waals surface area contributed by atoms with Crippen LogP contribution in [0.4, 0.5) is 0 Å². The van der Waals surface area contributed by atoms with Gasteiger partial charge in [0.1, 0.15) is 0 Å². The number of likely N-dealkylation sites (tertiary alicyclic amines) is 1. The van der Waals surface area contributed by atoms with E-state index in [2.05, 4.69) is 14.8 Å². The third-order valence-electron chi connectivity index (χ3n) is 4.54. The molecule has 1 aliphatic rings. The molecular weight excluding hydrogens is 384 g/mol. The molecule has 1 amide bonds. The molecular formula is C19H25ClN4O2S. The van der Waals surface area contributed by atoms with Crippen LogP contribution in [0.5, 0.6) is 0 Å². The summed E-state index contributed by atoms with van der Waals surface area (Å²) in [7, 11) is 1.70. The van der Waals surface area contributed by atoms with Gasteiger partial charge < -0.3 is 14.2 Å². The van der Waals surface area contributed by atoms with Crippen LogP contribution in [-0.4, -0.2) is 58.1 Å². The van der Waals surface area contributed by atoms with Crippen molar-refractivity contribution in [2.24, 2.45) is 0 Å². The highest BCUT2D eigenvalue weighted by atomic mass is 35.5. The third kappa shape index (κ3) is 5.24. The van der Waals surface area contributed by atoms with E-state index in [1.165, 1.54) is 0 Å². The maximum atomic E-state index is 11.7. The molecule has 0 unspecified atom stereocenters. The predicted octanol–water partition coefficient (Wildman–Crippen LogP) is 3.74. The molecule has 1 aromatic heterocycles. The lowest BCUT2D eigenvalue weighted by Crippen LogP contribution is -2.25. The normalized spacial score (nSPS) is 14.3. The van der Waals surface area contributed by atoms with Gasteiger partial charge in [-0.2, -0.15) is 0 Å². The Balaban J connectivity index is 1.66. The summed E-state index contributed by atoms with van der Waals surface area (Å²) >= 11 is 8.04. The van der Waals surface area contributed by atoms with E-state index >= 15 is 0 Å². The van der Waals surface area contributed by atoms with E-state index in [-0.39, 0.29) is 5.91 Å². The lowest BCUT2D eigenvalue weighted by molar-refractivity contribution is -0.127. The van der Waals surface area contributed by atoms with Crippen LogP contribution in [0.1, 0.15) is 25.7 Å². The highest BCUT2D eigenvalue weighted by Gasteiger charge is 2.20. The number of amides is 1. The second-order valence-corrected chi connectivity index (χ2v) is 7.94. The van der Waals surface area contributed by atoms with Crippen LogP contribution < -0.4 is 0 Å². The molecule has 0 bridgehead atoms. The van der Waals surface area contributed by atoms with E-state index in [1.807, 2.05) is 29.2 Å². The Labute approximate surface area is 169 Å². The maximum Gasteiger partial charge on any atom is 0.222 e. The van der Waals surface area contributed by atoms with E-state index in [1.54, 1.807) is 18.9 Å². The number of aromatic nitrogens is 3. The van der Waals surface area contributed by atoms with E-state index in [9.17, 15) is 4.79 Å². The molecule has 0 aliphatic carbocycles. The summed E-state index contributed by atoms with van der Waals surface area (Å²) in [6.07, 6.45) is 3.51. The summed E-state index contributed by atoms with van der Waals surface area (Å²) in [6, 6.07) is 7.69. The molecule has 1 fully saturated rings. The van der Waals surface area contributed by atoms with Crippen molar-refractivity contribution < 1.29 is 9.53 Å². The third-order valence-corrected chi connectivity index (χ3v) is 5.92. The quantitative estimate of drug-likeness (QED) is 0.442. The van der Waals surface area contributed by atoms with Gasteiger partial charge in [-0.05, 0) is 31.4 Å². The number of rotatable bonds is 10. The average Bonchev–Trinajstić information content (AvgIpc) is 3.26. The number of carbonyl (C=O) groups is 1. The minimum Gasteiger partial charge on any atom is -0.385 e. The predicted molar refractivity (Wildman–Crippen MR) is 108 cm³/mol. The summed E-state index contributed by atoms with van der Waals surface area (Å²) in [4.78, 5) is 13.7. The van der Waals surface area contributed by atoms with Crippen LogP contribution in [0.25, 0.3) is 11.4 Å². The van der Waals surface area contributed by atoms with Gasteiger partial charge in [-0.1, -0.05) is 35.5 Å². The van der Waals surface area contributed by atoms with E-state index < -0.39 is 0 Å². The number of ether oxygens (including phenoxy) is 1. The van der Waals surface area contributed by atoms with Gasteiger partial charge in [0, 0.05) is 51.1 Å². The van der Waals surface area contributed by atoms with Crippen LogP contribution >= 0.6 is 23.4 Å². The number of hydrogen-bond acceptors (Lipinski definition) is 5. The number of halogens is 1. The Bertz CT molecular complexity index is 768. The highest BCUT2D eigenvalue weighted by Crippen LogP contribution is 2.29. The van der Waals surface area contributed by atoms with Crippen molar-refractivity contribution in [3.63, 3.8) is 0 Å². The summed E-state index contributed by atoms with van der Waals surface area (Å²) in [5.41, 5.74) is 0.888.